The number of esters is 1. The molecular weight excluding hydrogens is 310 g/mol. The molecule has 0 saturated carbocycles. The summed E-state index contributed by atoms with van der Waals surface area (Å²) in [6.45, 7) is 1.63. The van der Waals surface area contributed by atoms with Gasteiger partial charge in [-0.3, -0.25) is 4.79 Å². The summed E-state index contributed by atoms with van der Waals surface area (Å²) in [5.41, 5.74) is 0.987. The number of ether oxygens (including phenoxy) is 1. The Balaban J connectivity index is 2.00. The number of benzene rings is 1. The Morgan fingerprint density at radius 2 is 2.00 bits per heavy atom. The van der Waals surface area contributed by atoms with Crippen LogP contribution >= 0.6 is 11.3 Å². The summed E-state index contributed by atoms with van der Waals surface area (Å²) in [6, 6.07) is 13.4. The van der Waals surface area contributed by atoms with Crippen LogP contribution in [0, 0.1) is 0 Å². The number of carbonyl (C=O) groups excluding carboxylic acids is 2. The third kappa shape index (κ3) is 5.38. The van der Waals surface area contributed by atoms with Crippen LogP contribution in [0.3, 0.4) is 0 Å². The molecule has 1 N–H and O–H groups in total. The molecule has 0 radical (unpaired) electrons. The van der Waals surface area contributed by atoms with Crippen LogP contribution < -0.4 is 5.32 Å². The molecular formula is C18H19NO3S. The minimum Gasteiger partial charge on any atom is -0.452 e. The lowest BCUT2D eigenvalue weighted by molar-refractivity contribution is -0.144. The lowest BCUT2D eigenvalue weighted by atomic mass is 10.1. The zero-order valence-corrected chi connectivity index (χ0v) is 13.7. The zero-order valence-electron chi connectivity index (χ0n) is 12.9. The fourth-order valence-corrected chi connectivity index (χ4v) is 2.82. The van der Waals surface area contributed by atoms with E-state index in [1.165, 1.54) is 6.08 Å². The molecule has 0 aliphatic heterocycles. The molecule has 0 aliphatic rings. The standard InChI is InChI=1S/C18H19NO3S/c1-2-3-11-17(21)22-13-16(20)19-18(15-10-7-12-23-15)14-8-5-4-6-9-14/h3-12,18H,2,13H2,1H3,(H,19,20)/b11-3+/t18-/m1/s1. The molecule has 0 aliphatic carbocycles. The van der Waals surface area contributed by atoms with Crippen molar-refractivity contribution in [2.45, 2.75) is 19.4 Å². The van der Waals surface area contributed by atoms with Crippen molar-refractivity contribution in [2.75, 3.05) is 6.61 Å². The summed E-state index contributed by atoms with van der Waals surface area (Å²) in [5, 5.41) is 4.88. The van der Waals surface area contributed by atoms with Crippen LogP contribution in [0.15, 0.2) is 60.0 Å². The number of nitrogens with one attached hydrogen (secondary N) is 1. The van der Waals surface area contributed by atoms with E-state index in [0.717, 1.165) is 16.9 Å². The second-order valence-corrected chi connectivity index (χ2v) is 5.82. The molecule has 4 nitrogen and oxygen atoms in total. The third-order valence-corrected chi connectivity index (χ3v) is 4.04. The van der Waals surface area contributed by atoms with Gasteiger partial charge in [-0.05, 0) is 23.4 Å². The predicted octanol–water partition coefficient (Wildman–Crippen LogP) is 3.46. The number of allylic oxidation sites excluding steroid dienone is 1. The molecule has 1 atom stereocenters. The summed E-state index contributed by atoms with van der Waals surface area (Å²) < 4.78 is 4.93. The van der Waals surface area contributed by atoms with Gasteiger partial charge in [0.15, 0.2) is 6.61 Å². The molecule has 120 valence electrons. The largest absolute Gasteiger partial charge is 0.452 e. The van der Waals surface area contributed by atoms with Crippen molar-refractivity contribution in [3.63, 3.8) is 0 Å². The van der Waals surface area contributed by atoms with Gasteiger partial charge in [-0.1, -0.05) is 49.4 Å². The first-order valence-electron chi connectivity index (χ1n) is 7.41. The van der Waals surface area contributed by atoms with Crippen molar-refractivity contribution in [1.82, 2.24) is 5.32 Å². The molecule has 2 rings (SSSR count). The lowest BCUT2D eigenvalue weighted by Gasteiger charge is -2.18. The van der Waals surface area contributed by atoms with Gasteiger partial charge in [0.2, 0.25) is 0 Å². The van der Waals surface area contributed by atoms with Crippen LogP contribution in [0.2, 0.25) is 0 Å². The van der Waals surface area contributed by atoms with Crippen LogP contribution in [0.1, 0.15) is 29.8 Å². The predicted molar refractivity (Wildman–Crippen MR) is 91.1 cm³/mol. The van der Waals surface area contributed by atoms with Crippen molar-refractivity contribution in [3.8, 4) is 0 Å². The topological polar surface area (TPSA) is 55.4 Å². The van der Waals surface area contributed by atoms with E-state index in [0.29, 0.717) is 0 Å². The minimum atomic E-state index is -0.505. The first-order chi connectivity index (χ1) is 11.2. The zero-order chi connectivity index (χ0) is 16.5. The molecule has 2 aromatic rings. The maximum absolute atomic E-state index is 12.1. The van der Waals surface area contributed by atoms with E-state index in [1.807, 2.05) is 54.8 Å². The van der Waals surface area contributed by atoms with Gasteiger partial charge in [-0.25, -0.2) is 4.79 Å². The molecule has 1 heterocycles. The van der Waals surface area contributed by atoms with Gasteiger partial charge in [0.25, 0.3) is 5.91 Å². The second kappa shape index (κ2) is 8.90. The molecule has 5 heteroatoms. The summed E-state index contributed by atoms with van der Waals surface area (Å²) in [7, 11) is 0. The fourth-order valence-electron chi connectivity index (χ4n) is 2.02. The maximum Gasteiger partial charge on any atom is 0.330 e. The average Bonchev–Trinajstić information content (AvgIpc) is 3.11. The van der Waals surface area contributed by atoms with Gasteiger partial charge in [-0.15, -0.1) is 11.3 Å². The Morgan fingerprint density at radius 1 is 1.22 bits per heavy atom. The Labute approximate surface area is 139 Å². The highest BCUT2D eigenvalue weighted by molar-refractivity contribution is 7.10. The first-order valence-corrected chi connectivity index (χ1v) is 8.29. The summed E-state index contributed by atoms with van der Waals surface area (Å²) in [4.78, 5) is 24.5. The first kappa shape index (κ1) is 17.0. The second-order valence-electron chi connectivity index (χ2n) is 4.84. The lowest BCUT2D eigenvalue weighted by Crippen LogP contribution is -2.32. The highest BCUT2D eigenvalue weighted by atomic mass is 32.1. The van der Waals surface area contributed by atoms with Crippen LogP contribution in [-0.4, -0.2) is 18.5 Å². The van der Waals surface area contributed by atoms with E-state index in [9.17, 15) is 9.59 Å². The van der Waals surface area contributed by atoms with Crippen LogP contribution in [0.25, 0.3) is 0 Å². The fraction of sp³-hybridized carbons (Fsp3) is 0.222. The van der Waals surface area contributed by atoms with E-state index in [-0.39, 0.29) is 18.6 Å². The number of carbonyl (C=O) groups is 2. The molecule has 1 amide bonds. The Kier molecular flexibility index (Phi) is 6.56. The van der Waals surface area contributed by atoms with E-state index in [4.69, 9.17) is 4.74 Å². The number of hydrogen-bond acceptors (Lipinski definition) is 4. The van der Waals surface area contributed by atoms with E-state index in [1.54, 1.807) is 17.4 Å². The SMILES string of the molecule is CC/C=C/C(=O)OCC(=O)N[C@H](c1ccccc1)c1cccs1. The number of amides is 1. The van der Waals surface area contributed by atoms with Gasteiger partial charge >= 0.3 is 5.97 Å². The van der Waals surface area contributed by atoms with E-state index in [2.05, 4.69) is 5.32 Å². The maximum atomic E-state index is 12.1. The van der Waals surface area contributed by atoms with E-state index < -0.39 is 5.97 Å². The van der Waals surface area contributed by atoms with Crippen LogP contribution in [0.4, 0.5) is 0 Å². The Morgan fingerprint density at radius 3 is 2.65 bits per heavy atom. The molecule has 23 heavy (non-hydrogen) atoms. The number of rotatable bonds is 7. The minimum absolute atomic E-state index is 0.242. The van der Waals surface area contributed by atoms with Crippen molar-refractivity contribution < 1.29 is 14.3 Å². The van der Waals surface area contributed by atoms with Crippen molar-refractivity contribution >= 4 is 23.2 Å². The Bertz CT molecular complexity index is 650. The number of thiophene rings is 1. The van der Waals surface area contributed by atoms with Gasteiger partial charge in [0.1, 0.15) is 0 Å². The Hall–Kier alpha value is -2.40. The molecule has 0 spiro atoms. The summed E-state index contributed by atoms with van der Waals surface area (Å²) in [5.74, 6) is -0.833. The third-order valence-electron chi connectivity index (χ3n) is 3.10. The van der Waals surface area contributed by atoms with E-state index >= 15 is 0 Å². The highest BCUT2D eigenvalue weighted by Crippen LogP contribution is 2.25. The normalized spacial score (nSPS) is 12.0. The molecule has 0 unspecified atom stereocenters. The van der Waals surface area contributed by atoms with Gasteiger partial charge in [0.05, 0.1) is 6.04 Å². The van der Waals surface area contributed by atoms with Crippen molar-refractivity contribution in [3.05, 3.63) is 70.4 Å². The average molecular weight is 329 g/mol. The summed E-state index contributed by atoms with van der Waals surface area (Å²) in [6.07, 6.45) is 3.77. The quantitative estimate of drug-likeness (QED) is 0.625. The molecule has 1 aromatic carbocycles. The van der Waals surface area contributed by atoms with Crippen LogP contribution in [0.5, 0.6) is 0 Å². The molecule has 1 aromatic heterocycles. The summed E-state index contributed by atoms with van der Waals surface area (Å²) >= 11 is 1.57. The van der Waals surface area contributed by atoms with Crippen molar-refractivity contribution in [1.29, 1.82) is 0 Å². The highest BCUT2D eigenvalue weighted by Gasteiger charge is 2.18. The smallest absolute Gasteiger partial charge is 0.330 e. The van der Waals surface area contributed by atoms with Gasteiger partial charge in [0, 0.05) is 11.0 Å². The molecule has 0 fully saturated rings. The van der Waals surface area contributed by atoms with Crippen molar-refractivity contribution in [2.24, 2.45) is 0 Å². The van der Waals surface area contributed by atoms with Gasteiger partial charge in [-0.2, -0.15) is 0 Å². The molecule has 0 bridgehead atoms. The molecule has 0 saturated heterocycles. The van der Waals surface area contributed by atoms with Crippen LogP contribution in [-0.2, 0) is 14.3 Å². The monoisotopic (exact) mass is 329 g/mol. The van der Waals surface area contributed by atoms with Gasteiger partial charge < -0.3 is 10.1 Å². The number of hydrogen-bond donors (Lipinski definition) is 1.